The first-order valence-electron chi connectivity index (χ1n) is 10.5. The summed E-state index contributed by atoms with van der Waals surface area (Å²) in [5.74, 6) is 1.25. The molecule has 164 valence electrons. The van der Waals surface area contributed by atoms with E-state index >= 15 is 0 Å². The highest BCUT2D eigenvalue weighted by atomic mass is 16.5. The van der Waals surface area contributed by atoms with Crippen molar-refractivity contribution in [3.8, 4) is 28.3 Å². The number of benzene rings is 2. The van der Waals surface area contributed by atoms with Crippen LogP contribution in [0.25, 0.3) is 44.2 Å². The summed E-state index contributed by atoms with van der Waals surface area (Å²) in [6.07, 6.45) is 0. The molecule has 1 N–H and O–H groups in total. The first-order valence-corrected chi connectivity index (χ1v) is 10.5. The molecule has 33 heavy (non-hydrogen) atoms. The van der Waals surface area contributed by atoms with E-state index < -0.39 is 0 Å². The molecule has 5 rings (SSSR count). The molecule has 3 aromatic heterocycles. The number of ether oxygens (including phenoxy) is 1. The highest BCUT2D eigenvalue weighted by Crippen LogP contribution is 2.35. The molecule has 8 nitrogen and oxygen atoms in total. The minimum Gasteiger partial charge on any atom is -0.494 e. The van der Waals surface area contributed by atoms with Crippen molar-refractivity contribution in [2.24, 2.45) is 0 Å². The fourth-order valence-electron chi connectivity index (χ4n) is 3.98. The van der Waals surface area contributed by atoms with Crippen LogP contribution in [0.1, 0.15) is 31.0 Å². The van der Waals surface area contributed by atoms with Gasteiger partial charge in [0, 0.05) is 0 Å². The van der Waals surface area contributed by atoms with Gasteiger partial charge in [-0.25, -0.2) is 15.1 Å². The van der Waals surface area contributed by atoms with Crippen LogP contribution < -0.4 is 10.3 Å². The van der Waals surface area contributed by atoms with Gasteiger partial charge in [-0.15, -0.1) is 4.52 Å². The predicted octanol–water partition coefficient (Wildman–Crippen LogP) is 5.49. The minimum absolute atomic E-state index is 0.161. The van der Waals surface area contributed by atoms with E-state index in [1.807, 2.05) is 42.5 Å². The first kappa shape index (κ1) is 20.5. The number of hydrogen-bond donors (Lipinski definition) is 1. The fraction of sp³-hybridized carbons (Fsp3) is 0.200. The SMILES string of the molecule is [C-]#[N+]c1[nH]n2c(=O)c(-c3nc4c(OC)cc(C(C)C)cc4o3)c(C)nc2c1-c1ccccc1. The molecular formula is C25H21N5O3. The molecule has 0 aliphatic rings. The van der Waals surface area contributed by atoms with E-state index in [0.29, 0.717) is 33.8 Å². The quantitative estimate of drug-likeness (QED) is 0.374. The Morgan fingerprint density at radius 2 is 1.91 bits per heavy atom. The largest absolute Gasteiger partial charge is 0.494 e. The number of H-pyrrole nitrogens is 1. The van der Waals surface area contributed by atoms with Gasteiger partial charge < -0.3 is 14.0 Å². The smallest absolute Gasteiger partial charge is 0.301 e. The third kappa shape index (κ3) is 3.17. The standard InChI is InChI=1S/C25H21N5O3/c1-13(2)16-11-17(32-5)21-18(12-16)33-24(28-21)19-14(3)27-23-20(15-9-7-6-8-10-15)22(26-4)29-30(23)25(19)31/h6-13,29H,1-3,5H3. The van der Waals surface area contributed by atoms with Gasteiger partial charge in [0.25, 0.3) is 5.82 Å². The topological polar surface area (TPSA) is 89.8 Å². The molecule has 2 aromatic carbocycles. The number of aromatic nitrogens is 4. The van der Waals surface area contributed by atoms with E-state index in [9.17, 15) is 4.79 Å². The first-order chi connectivity index (χ1) is 15.9. The molecule has 5 aromatic rings. The molecule has 0 bridgehead atoms. The number of rotatable bonds is 4. The number of oxazole rings is 1. The Kier molecular flexibility index (Phi) is 4.75. The summed E-state index contributed by atoms with van der Waals surface area (Å²) in [5.41, 5.74) is 4.19. The zero-order valence-corrected chi connectivity index (χ0v) is 18.6. The number of methoxy groups -OCH3 is 1. The van der Waals surface area contributed by atoms with Gasteiger partial charge in [0.2, 0.25) is 5.89 Å². The lowest BCUT2D eigenvalue weighted by molar-refractivity contribution is 0.418. The Hall–Kier alpha value is -4.38. The zero-order valence-electron chi connectivity index (χ0n) is 18.6. The van der Waals surface area contributed by atoms with Crippen LogP contribution in [0.4, 0.5) is 5.82 Å². The van der Waals surface area contributed by atoms with Crippen LogP contribution in [0.15, 0.2) is 51.7 Å². The highest BCUT2D eigenvalue weighted by molar-refractivity contribution is 5.88. The summed E-state index contributed by atoms with van der Waals surface area (Å²) in [6, 6.07) is 13.3. The van der Waals surface area contributed by atoms with Gasteiger partial charge in [-0.2, -0.15) is 0 Å². The molecule has 0 fully saturated rings. The van der Waals surface area contributed by atoms with E-state index in [4.69, 9.17) is 15.7 Å². The molecule has 0 aliphatic carbocycles. The summed E-state index contributed by atoms with van der Waals surface area (Å²) >= 11 is 0. The lowest BCUT2D eigenvalue weighted by Crippen LogP contribution is -2.19. The molecular weight excluding hydrogens is 418 g/mol. The summed E-state index contributed by atoms with van der Waals surface area (Å²) in [5, 5.41) is 2.89. The zero-order chi connectivity index (χ0) is 23.3. The van der Waals surface area contributed by atoms with Gasteiger partial charge in [-0.1, -0.05) is 50.8 Å². The maximum Gasteiger partial charge on any atom is 0.301 e. The maximum atomic E-state index is 13.5. The molecule has 3 heterocycles. The average molecular weight is 439 g/mol. The number of hydrogen-bond acceptors (Lipinski definition) is 5. The Balaban J connectivity index is 1.77. The Morgan fingerprint density at radius 1 is 1.15 bits per heavy atom. The van der Waals surface area contributed by atoms with Crippen LogP contribution in [0.2, 0.25) is 0 Å². The average Bonchev–Trinajstić information content (AvgIpc) is 3.40. The number of nitrogens with zero attached hydrogens (tertiary/aromatic N) is 4. The summed E-state index contributed by atoms with van der Waals surface area (Å²) in [6.45, 7) is 13.5. The van der Waals surface area contributed by atoms with Crippen molar-refractivity contribution < 1.29 is 9.15 Å². The normalized spacial score (nSPS) is 11.4. The lowest BCUT2D eigenvalue weighted by atomic mass is 10.0. The Labute approximate surface area is 189 Å². The van der Waals surface area contributed by atoms with Crippen molar-refractivity contribution in [1.82, 2.24) is 19.6 Å². The van der Waals surface area contributed by atoms with Crippen LogP contribution in [-0.2, 0) is 0 Å². The van der Waals surface area contributed by atoms with Crippen molar-refractivity contribution in [3.63, 3.8) is 0 Å². The summed E-state index contributed by atoms with van der Waals surface area (Å²) in [4.78, 5) is 26.4. The number of fused-ring (bicyclic) bond motifs is 2. The molecule has 0 saturated heterocycles. The van der Waals surface area contributed by atoms with Crippen LogP contribution >= 0.6 is 0 Å². The Bertz CT molecular complexity index is 1620. The summed E-state index contributed by atoms with van der Waals surface area (Å²) < 4.78 is 12.8. The molecule has 0 spiro atoms. The van der Waals surface area contributed by atoms with Crippen molar-refractivity contribution in [2.75, 3.05) is 7.11 Å². The second-order valence-corrected chi connectivity index (χ2v) is 8.09. The second kappa shape index (κ2) is 7.64. The van der Waals surface area contributed by atoms with Crippen LogP contribution in [0, 0.1) is 13.5 Å². The van der Waals surface area contributed by atoms with Gasteiger partial charge in [0.1, 0.15) is 11.3 Å². The third-order valence-corrected chi connectivity index (χ3v) is 5.70. The predicted molar refractivity (Wildman–Crippen MR) is 126 cm³/mol. The van der Waals surface area contributed by atoms with Crippen molar-refractivity contribution in [3.05, 3.63) is 75.5 Å². The van der Waals surface area contributed by atoms with Crippen molar-refractivity contribution >= 4 is 22.6 Å². The van der Waals surface area contributed by atoms with Gasteiger partial charge in [0.15, 0.2) is 16.7 Å². The highest BCUT2D eigenvalue weighted by Gasteiger charge is 2.24. The van der Waals surface area contributed by atoms with Gasteiger partial charge >= 0.3 is 5.56 Å². The van der Waals surface area contributed by atoms with E-state index in [-0.39, 0.29) is 28.7 Å². The second-order valence-electron chi connectivity index (χ2n) is 8.09. The van der Waals surface area contributed by atoms with Gasteiger partial charge in [-0.05, 0) is 36.1 Å². The summed E-state index contributed by atoms with van der Waals surface area (Å²) in [7, 11) is 1.58. The van der Waals surface area contributed by atoms with Crippen molar-refractivity contribution in [2.45, 2.75) is 26.7 Å². The minimum atomic E-state index is -0.390. The molecule has 0 aliphatic heterocycles. The van der Waals surface area contributed by atoms with Crippen LogP contribution in [0.5, 0.6) is 5.75 Å². The Morgan fingerprint density at radius 3 is 2.58 bits per heavy atom. The van der Waals surface area contributed by atoms with E-state index in [0.717, 1.165) is 11.1 Å². The van der Waals surface area contributed by atoms with Crippen LogP contribution in [0.3, 0.4) is 0 Å². The number of aryl methyl sites for hydroxylation is 1. The van der Waals surface area contributed by atoms with Gasteiger partial charge in [-0.3, -0.25) is 4.79 Å². The lowest BCUT2D eigenvalue weighted by Gasteiger charge is -2.07. The molecule has 8 heteroatoms. The molecule has 0 radical (unpaired) electrons. The molecule has 0 atom stereocenters. The monoisotopic (exact) mass is 439 g/mol. The van der Waals surface area contributed by atoms with E-state index in [1.165, 1.54) is 4.52 Å². The van der Waals surface area contributed by atoms with Crippen molar-refractivity contribution in [1.29, 1.82) is 0 Å². The van der Waals surface area contributed by atoms with E-state index in [1.54, 1.807) is 14.0 Å². The van der Waals surface area contributed by atoms with Gasteiger partial charge in [0.05, 0.1) is 18.4 Å². The fourth-order valence-corrected chi connectivity index (χ4v) is 3.98. The number of nitrogens with one attached hydrogen (secondary N) is 1. The molecule has 0 saturated carbocycles. The maximum absolute atomic E-state index is 13.5. The van der Waals surface area contributed by atoms with Crippen LogP contribution in [-0.4, -0.2) is 26.7 Å². The molecule has 0 amide bonds. The number of aromatic amines is 1. The third-order valence-electron chi connectivity index (χ3n) is 5.70. The van der Waals surface area contributed by atoms with E-state index in [2.05, 4.69) is 33.8 Å². The molecule has 0 unspecified atom stereocenters.